The first-order valence-corrected chi connectivity index (χ1v) is 10.6. The van der Waals surface area contributed by atoms with Crippen LogP contribution in [0.1, 0.15) is 42.1 Å². The second-order valence-electron chi connectivity index (χ2n) is 8.60. The van der Waals surface area contributed by atoms with Crippen molar-refractivity contribution in [2.24, 2.45) is 0 Å². The summed E-state index contributed by atoms with van der Waals surface area (Å²) in [5.74, 6) is -0.250. The summed E-state index contributed by atoms with van der Waals surface area (Å²) in [5, 5.41) is 13.1. The van der Waals surface area contributed by atoms with Gasteiger partial charge in [0.15, 0.2) is 0 Å². The van der Waals surface area contributed by atoms with Gasteiger partial charge < -0.3 is 24.5 Å². The molecule has 31 heavy (non-hydrogen) atoms. The Hall–Kier alpha value is -2.97. The van der Waals surface area contributed by atoms with Crippen LogP contribution in [0.15, 0.2) is 36.7 Å². The SMILES string of the molecule is Cc1cccc(C(=O)Nc2cn3cc(CCC(C)(C)O)nc3cc2N2CCOCC2)n1. The van der Waals surface area contributed by atoms with Crippen molar-refractivity contribution in [2.75, 3.05) is 36.5 Å². The van der Waals surface area contributed by atoms with Crippen molar-refractivity contribution < 1.29 is 14.6 Å². The number of hydrogen-bond donors (Lipinski definition) is 2. The van der Waals surface area contributed by atoms with Gasteiger partial charge in [-0.1, -0.05) is 6.07 Å². The number of imidazole rings is 1. The number of hydrogen-bond acceptors (Lipinski definition) is 6. The van der Waals surface area contributed by atoms with E-state index in [9.17, 15) is 9.90 Å². The van der Waals surface area contributed by atoms with Crippen molar-refractivity contribution in [2.45, 2.75) is 39.2 Å². The topological polar surface area (TPSA) is 92.0 Å². The fourth-order valence-corrected chi connectivity index (χ4v) is 3.65. The molecule has 0 bridgehead atoms. The number of carbonyl (C=O) groups excluding carboxylic acids is 1. The minimum Gasteiger partial charge on any atom is -0.390 e. The van der Waals surface area contributed by atoms with E-state index in [2.05, 4.69) is 15.2 Å². The van der Waals surface area contributed by atoms with Gasteiger partial charge in [-0.2, -0.15) is 0 Å². The normalized spacial score (nSPS) is 14.8. The van der Waals surface area contributed by atoms with Crippen LogP contribution in [0.2, 0.25) is 0 Å². The molecule has 8 nitrogen and oxygen atoms in total. The number of ether oxygens (including phenoxy) is 1. The minimum atomic E-state index is -0.741. The largest absolute Gasteiger partial charge is 0.390 e. The first kappa shape index (κ1) is 21.3. The zero-order valence-corrected chi connectivity index (χ0v) is 18.3. The van der Waals surface area contributed by atoms with E-state index in [1.54, 1.807) is 19.9 Å². The maximum Gasteiger partial charge on any atom is 0.274 e. The van der Waals surface area contributed by atoms with E-state index in [0.717, 1.165) is 35.8 Å². The Morgan fingerprint density at radius 3 is 2.71 bits per heavy atom. The Labute approximate surface area is 181 Å². The first-order chi connectivity index (χ1) is 14.8. The third kappa shape index (κ3) is 5.21. The molecule has 3 aromatic rings. The van der Waals surface area contributed by atoms with Gasteiger partial charge in [0, 0.05) is 37.2 Å². The van der Waals surface area contributed by atoms with Crippen LogP contribution in [0.5, 0.6) is 0 Å². The number of aryl methyl sites for hydroxylation is 2. The number of fused-ring (bicyclic) bond motifs is 1. The van der Waals surface area contributed by atoms with Crippen LogP contribution in [-0.2, 0) is 11.2 Å². The Morgan fingerprint density at radius 1 is 1.23 bits per heavy atom. The van der Waals surface area contributed by atoms with Gasteiger partial charge in [-0.25, -0.2) is 9.97 Å². The Balaban J connectivity index is 1.67. The molecule has 164 valence electrons. The van der Waals surface area contributed by atoms with Crippen LogP contribution in [0.3, 0.4) is 0 Å². The number of carbonyl (C=O) groups is 1. The smallest absolute Gasteiger partial charge is 0.274 e. The summed E-state index contributed by atoms with van der Waals surface area (Å²) < 4.78 is 7.42. The van der Waals surface area contributed by atoms with Crippen LogP contribution < -0.4 is 10.2 Å². The van der Waals surface area contributed by atoms with Gasteiger partial charge in [-0.3, -0.25) is 4.79 Å². The van der Waals surface area contributed by atoms with E-state index in [4.69, 9.17) is 9.72 Å². The molecule has 1 aliphatic heterocycles. The molecule has 1 fully saturated rings. The number of anilines is 2. The molecule has 1 amide bonds. The van der Waals surface area contributed by atoms with Gasteiger partial charge in [-0.05, 0) is 45.7 Å². The highest BCUT2D eigenvalue weighted by Gasteiger charge is 2.20. The van der Waals surface area contributed by atoms with E-state index < -0.39 is 5.60 Å². The molecule has 0 spiro atoms. The number of pyridine rings is 2. The quantitative estimate of drug-likeness (QED) is 0.634. The van der Waals surface area contributed by atoms with Crippen molar-refractivity contribution in [3.05, 3.63) is 53.7 Å². The molecule has 0 aliphatic carbocycles. The zero-order valence-electron chi connectivity index (χ0n) is 18.3. The number of aromatic nitrogens is 3. The first-order valence-electron chi connectivity index (χ1n) is 10.6. The summed E-state index contributed by atoms with van der Waals surface area (Å²) in [7, 11) is 0. The molecule has 0 atom stereocenters. The highest BCUT2D eigenvalue weighted by atomic mass is 16.5. The second kappa shape index (κ2) is 8.64. The molecule has 3 aromatic heterocycles. The molecule has 1 saturated heterocycles. The van der Waals surface area contributed by atoms with Gasteiger partial charge in [-0.15, -0.1) is 0 Å². The number of amides is 1. The second-order valence-corrected chi connectivity index (χ2v) is 8.60. The average molecular weight is 424 g/mol. The monoisotopic (exact) mass is 423 g/mol. The molecule has 4 heterocycles. The molecular weight excluding hydrogens is 394 g/mol. The Morgan fingerprint density at radius 2 is 2.00 bits per heavy atom. The molecule has 0 aromatic carbocycles. The lowest BCUT2D eigenvalue weighted by Gasteiger charge is -2.30. The van der Waals surface area contributed by atoms with E-state index in [1.165, 1.54) is 0 Å². The van der Waals surface area contributed by atoms with E-state index in [1.807, 2.05) is 41.9 Å². The van der Waals surface area contributed by atoms with Gasteiger partial charge in [0.2, 0.25) is 0 Å². The highest BCUT2D eigenvalue weighted by molar-refractivity contribution is 6.04. The summed E-state index contributed by atoms with van der Waals surface area (Å²) in [4.78, 5) is 24.2. The van der Waals surface area contributed by atoms with Gasteiger partial charge in [0.25, 0.3) is 5.91 Å². The third-order valence-corrected chi connectivity index (χ3v) is 5.33. The maximum atomic E-state index is 12.9. The van der Waals surface area contributed by atoms with E-state index >= 15 is 0 Å². The van der Waals surface area contributed by atoms with Crippen molar-refractivity contribution >= 4 is 22.9 Å². The molecule has 0 unspecified atom stereocenters. The predicted octanol–water partition coefficient (Wildman–Crippen LogP) is 2.83. The van der Waals surface area contributed by atoms with Gasteiger partial charge >= 0.3 is 0 Å². The average Bonchev–Trinajstić information content (AvgIpc) is 3.14. The highest BCUT2D eigenvalue weighted by Crippen LogP contribution is 2.29. The van der Waals surface area contributed by atoms with Gasteiger partial charge in [0.05, 0.1) is 35.9 Å². The van der Waals surface area contributed by atoms with Crippen molar-refractivity contribution in [3.63, 3.8) is 0 Å². The van der Waals surface area contributed by atoms with Crippen molar-refractivity contribution in [1.82, 2.24) is 14.4 Å². The molecule has 0 radical (unpaired) electrons. The van der Waals surface area contributed by atoms with Crippen LogP contribution in [-0.4, -0.2) is 57.3 Å². The predicted molar refractivity (Wildman–Crippen MR) is 120 cm³/mol. The van der Waals surface area contributed by atoms with Crippen LogP contribution in [0.4, 0.5) is 11.4 Å². The summed E-state index contributed by atoms with van der Waals surface area (Å²) >= 11 is 0. The maximum absolute atomic E-state index is 12.9. The lowest BCUT2D eigenvalue weighted by atomic mass is 10.0. The Kier molecular flexibility index (Phi) is 5.93. The number of nitrogens with one attached hydrogen (secondary N) is 1. The molecule has 0 saturated carbocycles. The zero-order chi connectivity index (χ0) is 22.0. The summed E-state index contributed by atoms with van der Waals surface area (Å²) in [6.45, 7) is 8.23. The summed E-state index contributed by atoms with van der Waals surface area (Å²) in [6.07, 6.45) is 5.14. The van der Waals surface area contributed by atoms with Crippen LogP contribution in [0, 0.1) is 6.92 Å². The van der Waals surface area contributed by atoms with E-state index in [-0.39, 0.29) is 5.91 Å². The number of morpholine rings is 1. The number of aliphatic hydroxyl groups is 1. The van der Waals surface area contributed by atoms with Crippen LogP contribution >= 0.6 is 0 Å². The molecule has 1 aliphatic rings. The summed E-state index contributed by atoms with van der Waals surface area (Å²) in [5.41, 5.74) is 3.75. The van der Waals surface area contributed by atoms with Crippen molar-refractivity contribution in [1.29, 1.82) is 0 Å². The van der Waals surface area contributed by atoms with Gasteiger partial charge in [0.1, 0.15) is 11.3 Å². The standard InChI is InChI=1S/C23H29N5O3/c1-16-5-4-6-18(24-16)22(29)26-19-15-28-14-17(7-8-23(2,3)30)25-21(28)13-20(19)27-9-11-31-12-10-27/h4-6,13-15,30H,7-12H2,1-3H3,(H,26,29). The minimum absolute atomic E-state index is 0.250. The molecular formula is C23H29N5O3. The Bertz CT molecular complexity index is 1080. The number of nitrogens with zero attached hydrogens (tertiary/aromatic N) is 4. The fourth-order valence-electron chi connectivity index (χ4n) is 3.65. The summed E-state index contributed by atoms with van der Waals surface area (Å²) in [6, 6.07) is 7.40. The van der Waals surface area contributed by atoms with Crippen LogP contribution in [0.25, 0.3) is 5.65 Å². The lowest BCUT2D eigenvalue weighted by Crippen LogP contribution is -2.37. The molecule has 8 heteroatoms. The molecule has 4 rings (SSSR count). The van der Waals surface area contributed by atoms with Crippen molar-refractivity contribution in [3.8, 4) is 0 Å². The number of rotatable bonds is 6. The lowest BCUT2D eigenvalue weighted by molar-refractivity contribution is 0.0711. The van der Waals surface area contributed by atoms with E-state index in [0.29, 0.717) is 37.4 Å². The molecule has 2 N–H and O–H groups in total. The third-order valence-electron chi connectivity index (χ3n) is 5.33. The fraction of sp³-hybridized carbons (Fsp3) is 0.435.